The lowest BCUT2D eigenvalue weighted by atomic mass is 10.2. The van der Waals surface area contributed by atoms with Gasteiger partial charge in [-0.05, 0) is 43.5 Å². The number of sulfonamides is 1. The maximum Gasteiger partial charge on any atom is 0.267 e. The van der Waals surface area contributed by atoms with Crippen LogP contribution in [0.15, 0.2) is 35.4 Å². The molecule has 1 aromatic carbocycles. The smallest absolute Gasteiger partial charge is 0.267 e. The van der Waals surface area contributed by atoms with E-state index < -0.39 is 10.0 Å². The zero-order valence-corrected chi connectivity index (χ0v) is 13.2. The highest BCUT2D eigenvalue weighted by Crippen LogP contribution is 2.39. The number of nitrogens with zero attached hydrogens (tertiary/aromatic N) is 2. The van der Waals surface area contributed by atoms with Gasteiger partial charge in [-0.2, -0.15) is 0 Å². The normalized spacial score (nSPS) is 14.6. The van der Waals surface area contributed by atoms with Crippen LogP contribution >= 0.6 is 0 Å². The molecule has 22 heavy (non-hydrogen) atoms. The number of anilines is 1. The fraction of sp³-hybridized carbons (Fsp3) is 0.333. The minimum absolute atomic E-state index is 0.0791. The van der Waals surface area contributed by atoms with E-state index in [0.29, 0.717) is 5.92 Å². The lowest BCUT2D eigenvalue weighted by Gasteiger charge is -2.11. The molecule has 1 N–H and O–H groups in total. The maximum atomic E-state index is 12.6. The molecule has 0 amide bonds. The highest BCUT2D eigenvalue weighted by Gasteiger charge is 2.26. The summed E-state index contributed by atoms with van der Waals surface area (Å²) in [5.74, 6) is 0.809. The molecule has 2 aromatic rings. The van der Waals surface area contributed by atoms with Gasteiger partial charge < -0.3 is 4.74 Å². The van der Waals surface area contributed by atoms with Crippen molar-refractivity contribution < 1.29 is 13.2 Å². The molecule has 1 heterocycles. The predicted molar refractivity (Wildman–Crippen MR) is 82.5 cm³/mol. The maximum absolute atomic E-state index is 12.6. The van der Waals surface area contributed by atoms with E-state index >= 15 is 0 Å². The highest BCUT2D eigenvalue weighted by molar-refractivity contribution is 7.92. The summed E-state index contributed by atoms with van der Waals surface area (Å²) >= 11 is 0. The van der Waals surface area contributed by atoms with Crippen molar-refractivity contribution >= 4 is 16.0 Å². The second kappa shape index (κ2) is 5.57. The topological polar surface area (TPSA) is 81.2 Å². The molecule has 3 rings (SSSR count). The van der Waals surface area contributed by atoms with E-state index in [1.165, 1.54) is 7.11 Å². The standard InChI is InChI=1S/C15H17N3O3S/c1-10-3-6-13(21-2)14(9-10)22(19,20)18-15-16-8-7-12(17-15)11-4-5-11/h3,6-9,11H,4-5H2,1-2H3,(H,16,17,18). The Hall–Kier alpha value is -2.15. The highest BCUT2D eigenvalue weighted by atomic mass is 32.2. The van der Waals surface area contributed by atoms with Gasteiger partial charge in [0.15, 0.2) is 0 Å². The first-order chi connectivity index (χ1) is 10.5. The molecule has 1 fully saturated rings. The molecule has 0 saturated heterocycles. The van der Waals surface area contributed by atoms with Crippen molar-refractivity contribution in [2.24, 2.45) is 0 Å². The summed E-state index contributed by atoms with van der Waals surface area (Å²) in [6.45, 7) is 1.82. The summed E-state index contributed by atoms with van der Waals surface area (Å²) in [6.07, 6.45) is 3.76. The molecule has 1 aliphatic rings. The van der Waals surface area contributed by atoms with Gasteiger partial charge in [0, 0.05) is 17.8 Å². The molecular weight excluding hydrogens is 302 g/mol. The van der Waals surface area contributed by atoms with E-state index in [-0.39, 0.29) is 16.6 Å². The van der Waals surface area contributed by atoms with Gasteiger partial charge in [-0.25, -0.2) is 23.1 Å². The zero-order chi connectivity index (χ0) is 15.7. The van der Waals surface area contributed by atoms with Crippen LogP contribution in [0.5, 0.6) is 5.75 Å². The predicted octanol–water partition coefficient (Wildman–Crippen LogP) is 2.47. The van der Waals surface area contributed by atoms with Crippen molar-refractivity contribution in [2.75, 3.05) is 11.8 Å². The Labute approximate surface area is 129 Å². The number of methoxy groups -OCH3 is 1. The van der Waals surface area contributed by atoms with Crippen molar-refractivity contribution in [3.63, 3.8) is 0 Å². The SMILES string of the molecule is COc1ccc(C)cc1S(=O)(=O)Nc1nccc(C2CC2)n1. The second-order valence-electron chi connectivity index (χ2n) is 5.34. The molecule has 0 spiro atoms. The molecule has 0 atom stereocenters. The summed E-state index contributed by atoms with van der Waals surface area (Å²) in [5.41, 5.74) is 1.71. The van der Waals surface area contributed by atoms with Gasteiger partial charge in [0.25, 0.3) is 10.0 Å². The van der Waals surface area contributed by atoms with Gasteiger partial charge in [0.05, 0.1) is 7.11 Å². The average Bonchev–Trinajstić information content (AvgIpc) is 3.32. The van der Waals surface area contributed by atoms with Gasteiger partial charge in [-0.15, -0.1) is 0 Å². The Morgan fingerprint density at radius 2 is 2.05 bits per heavy atom. The van der Waals surface area contributed by atoms with Crippen LogP contribution < -0.4 is 9.46 Å². The number of hydrogen-bond donors (Lipinski definition) is 1. The van der Waals surface area contributed by atoms with Crippen LogP contribution in [0.1, 0.15) is 30.0 Å². The molecule has 0 aliphatic heterocycles. The molecule has 0 bridgehead atoms. The molecular formula is C15H17N3O3S. The van der Waals surface area contributed by atoms with Crippen LogP contribution in [0.3, 0.4) is 0 Å². The van der Waals surface area contributed by atoms with Gasteiger partial charge in [0.2, 0.25) is 5.95 Å². The first-order valence-electron chi connectivity index (χ1n) is 7.00. The van der Waals surface area contributed by atoms with Crippen LogP contribution in [0.2, 0.25) is 0 Å². The minimum atomic E-state index is -3.80. The number of aromatic nitrogens is 2. The van der Waals surface area contributed by atoms with Crippen molar-refractivity contribution in [3.05, 3.63) is 41.7 Å². The van der Waals surface area contributed by atoms with Crippen LogP contribution in [0, 0.1) is 6.92 Å². The van der Waals surface area contributed by atoms with Crippen LogP contribution in [0.25, 0.3) is 0 Å². The summed E-state index contributed by atoms with van der Waals surface area (Å²) in [5, 5.41) is 0. The molecule has 1 saturated carbocycles. The number of aryl methyl sites for hydroxylation is 1. The minimum Gasteiger partial charge on any atom is -0.495 e. The molecule has 1 aliphatic carbocycles. The Morgan fingerprint density at radius 1 is 1.27 bits per heavy atom. The Morgan fingerprint density at radius 3 is 2.73 bits per heavy atom. The van der Waals surface area contributed by atoms with E-state index in [0.717, 1.165) is 24.1 Å². The number of rotatable bonds is 5. The lowest BCUT2D eigenvalue weighted by Crippen LogP contribution is -2.16. The van der Waals surface area contributed by atoms with Crippen molar-refractivity contribution in [3.8, 4) is 5.75 Å². The van der Waals surface area contributed by atoms with E-state index in [2.05, 4.69) is 14.7 Å². The van der Waals surface area contributed by atoms with Crippen LogP contribution in [-0.2, 0) is 10.0 Å². The van der Waals surface area contributed by atoms with E-state index in [1.807, 2.05) is 13.0 Å². The van der Waals surface area contributed by atoms with Gasteiger partial charge in [0.1, 0.15) is 10.6 Å². The van der Waals surface area contributed by atoms with E-state index in [4.69, 9.17) is 4.74 Å². The second-order valence-corrected chi connectivity index (χ2v) is 6.99. The average molecular weight is 319 g/mol. The van der Waals surface area contributed by atoms with E-state index in [1.54, 1.807) is 24.4 Å². The number of hydrogen-bond acceptors (Lipinski definition) is 5. The van der Waals surface area contributed by atoms with Gasteiger partial charge in [-0.3, -0.25) is 0 Å². The molecule has 1 aromatic heterocycles. The summed E-state index contributed by atoms with van der Waals surface area (Å²) < 4.78 is 32.7. The fourth-order valence-corrected chi connectivity index (χ4v) is 3.40. The van der Waals surface area contributed by atoms with Crippen LogP contribution in [0.4, 0.5) is 5.95 Å². The van der Waals surface area contributed by atoms with Crippen molar-refractivity contribution in [1.29, 1.82) is 0 Å². The molecule has 0 unspecified atom stereocenters. The first-order valence-corrected chi connectivity index (χ1v) is 8.48. The summed E-state index contributed by atoms with van der Waals surface area (Å²) in [7, 11) is -2.36. The Bertz CT molecular complexity index is 801. The summed E-state index contributed by atoms with van der Waals surface area (Å²) in [4.78, 5) is 8.36. The van der Waals surface area contributed by atoms with Crippen molar-refractivity contribution in [2.45, 2.75) is 30.6 Å². The third-order valence-electron chi connectivity index (χ3n) is 3.51. The molecule has 7 heteroatoms. The Kier molecular flexibility index (Phi) is 3.74. The van der Waals surface area contributed by atoms with Crippen molar-refractivity contribution in [1.82, 2.24) is 9.97 Å². The van der Waals surface area contributed by atoms with Gasteiger partial charge >= 0.3 is 0 Å². The molecule has 116 valence electrons. The van der Waals surface area contributed by atoms with Crippen LogP contribution in [-0.4, -0.2) is 25.5 Å². The quantitative estimate of drug-likeness (QED) is 0.915. The number of ether oxygens (including phenoxy) is 1. The number of benzene rings is 1. The Balaban J connectivity index is 1.93. The van der Waals surface area contributed by atoms with E-state index in [9.17, 15) is 8.42 Å². The third-order valence-corrected chi connectivity index (χ3v) is 4.86. The monoisotopic (exact) mass is 319 g/mol. The molecule has 0 radical (unpaired) electrons. The van der Waals surface area contributed by atoms with Gasteiger partial charge in [-0.1, -0.05) is 6.07 Å². The lowest BCUT2D eigenvalue weighted by molar-refractivity contribution is 0.402. The largest absolute Gasteiger partial charge is 0.495 e. The molecule has 6 nitrogen and oxygen atoms in total. The fourth-order valence-electron chi connectivity index (χ4n) is 2.20. The first kappa shape index (κ1) is 14.8. The number of nitrogens with one attached hydrogen (secondary N) is 1. The zero-order valence-electron chi connectivity index (χ0n) is 12.4. The third kappa shape index (κ3) is 3.04. The summed E-state index contributed by atoms with van der Waals surface area (Å²) in [6, 6.07) is 6.81.